The molecule has 2 aliphatic carbocycles. The monoisotopic (exact) mass is 1160 g/mol. The van der Waals surface area contributed by atoms with E-state index in [0.717, 1.165) is 139 Å². The standard InChI is InChI=1S/C72H108N4O.C3H6.C2H7N.C2H6/c1-20-24-33-51(22-3)49(9)73-68-64(48(8)43-56-55(46(5)6)39-32-40-58(56)70(11,12)13)65(53-35-28-26-29-36-53)61(75-68)45-62-66(54-37-30-27-31-38-54)67(69(76-62)74-50(10)52(23-4)34-25-21-2)63(77)44-57-59(71(14,15)16)41-47(7)42-60(57)72(17,18)19;1-3-2;1-2-3;1-2/h26-31,35-38,45-47,51-52,55-60,73,75H,8-10,20-25,32-34,39-44H2,1-7,11-19H3,(H,74,76);3H,1H2,2H3;2-3H2,1H3;1-2H3/b62-45-;;;. The lowest BCUT2D eigenvalue weighted by Crippen LogP contribution is -2.45. The van der Waals surface area contributed by atoms with Gasteiger partial charge in [-0.3, -0.25) is 4.79 Å². The van der Waals surface area contributed by atoms with Crippen LogP contribution < -0.4 is 16.4 Å². The Labute approximate surface area is 523 Å². The number of nitrogens with two attached hydrogens (primary N) is 1. The summed E-state index contributed by atoms with van der Waals surface area (Å²) in [6.45, 7) is 64.6. The predicted molar refractivity (Wildman–Crippen MR) is 378 cm³/mol. The number of benzene rings is 2. The molecule has 2 fully saturated rings. The van der Waals surface area contributed by atoms with Crippen LogP contribution in [0.25, 0.3) is 28.3 Å². The molecule has 3 aromatic rings. The van der Waals surface area contributed by atoms with E-state index in [-0.39, 0.29) is 33.9 Å². The first-order valence-corrected chi connectivity index (χ1v) is 34.0. The second kappa shape index (κ2) is 35.2. The van der Waals surface area contributed by atoms with Crippen LogP contribution in [0.3, 0.4) is 0 Å². The number of aromatic nitrogens is 1. The molecule has 2 aromatic carbocycles. The number of nitrogens with one attached hydrogen (secondary N) is 3. The van der Waals surface area contributed by atoms with Gasteiger partial charge in [-0.15, -0.1) is 6.58 Å². The lowest BCUT2D eigenvalue weighted by atomic mass is 9.54. The number of carbonyl (C=O) groups excluding carboxylic acids is 1. The Morgan fingerprint density at radius 2 is 1.19 bits per heavy atom. The number of hydrogen-bond acceptors (Lipinski definition) is 5. The van der Waals surface area contributed by atoms with Crippen LogP contribution in [0.4, 0.5) is 5.82 Å². The van der Waals surface area contributed by atoms with Crippen molar-refractivity contribution >= 4 is 34.7 Å². The molecule has 5 N–H and O–H groups in total. The second-order valence-corrected chi connectivity index (χ2v) is 28.8. The van der Waals surface area contributed by atoms with Gasteiger partial charge in [0, 0.05) is 34.5 Å². The van der Waals surface area contributed by atoms with E-state index >= 15 is 4.79 Å². The molecule has 6 nitrogen and oxygen atoms in total. The number of aromatic amines is 1. The fourth-order valence-corrected chi connectivity index (χ4v) is 14.7. The third-order valence-corrected chi connectivity index (χ3v) is 19.0. The minimum absolute atomic E-state index is 0.0469. The Kier molecular flexibility index (Phi) is 30.7. The third kappa shape index (κ3) is 20.6. The van der Waals surface area contributed by atoms with E-state index in [2.05, 4.69) is 200 Å². The number of hydrogen-bond donors (Lipinski definition) is 4. The number of amidine groups is 1. The van der Waals surface area contributed by atoms with Crippen LogP contribution in [-0.4, -0.2) is 23.1 Å². The number of Topliss-reactive ketones (excluding diaryl/α,β-unsaturated/α-hetero) is 1. The molecule has 7 atom stereocenters. The minimum atomic E-state index is 0.0469. The van der Waals surface area contributed by atoms with Crippen molar-refractivity contribution in [3.8, 4) is 11.1 Å². The molecule has 0 bridgehead atoms. The Morgan fingerprint density at radius 3 is 1.64 bits per heavy atom. The molecule has 0 radical (unpaired) electrons. The molecule has 2 heterocycles. The predicted octanol–water partition coefficient (Wildman–Crippen LogP) is 23.0. The van der Waals surface area contributed by atoms with Crippen LogP contribution >= 0.6 is 0 Å². The molecule has 2 saturated carbocycles. The zero-order valence-corrected chi connectivity index (χ0v) is 58.3. The maximum absolute atomic E-state index is 16.1. The maximum Gasteiger partial charge on any atom is 0.167 e. The van der Waals surface area contributed by atoms with E-state index in [0.29, 0.717) is 65.2 Å². The van der Waals surface area contributed by atoms with Gasteiger partial charge in [-0.2, -0.15) is 0 Å². The highest BCUT2D eigenvalue weighted by molar-refractivity contribution is 6.31. The summed E-state index contributed by atoms with van der Waals surface area (Å²) in [6, 6.07) is 21.5. The van der Waals surface area contributed by atoms with Gasteiger partial charge in [0.15, 0.2) is 5.78 Å². The number of H-pyrrole nitrogens is 1. The first-order valence-electron chi connectivity index (χ1n) is 34.0. The molecule has 1 aliphatic heterocycles. The van der Waals surface area contributed by atoms with Gasteiger partial charge in [0.05, 0.1) is 17.0 Å². The first kappa shape index (κ1) is 74.3. The number of rotatable bonds is 23. The van der Waals surface area contributed by atoms with Gasteiger partial charge in [0.25, 0.3) is 0 Å². The molecule has 85 heavy (non-hydrogen) atoms. The zero-order valence-electron chi connectivity index (χ0n) is 58.3. The van der Waals surface area contributed by atoms with E-state index in [1.807, 2.05) is 27.7 Å². The number of carbonyl (C=O) groups is 1. The first-order chi connectivity index (χ1) is 40.2. The average Bonchev–Trinajstić information content (AvgIpc) is 1.95. The molecule has 3 aliphatic rings. The van der Waals surface area contributed by atoms with E-state index in [1.165, 1.54) is 19.3 Å². The largest absolute Gasteiger partial charge is 0.345 e. The number of unbranched alkanes of at least 4 members (excludes halogenated alkanes) is 2. The maximum atomic E-state index is 16.1. The number of nitrogens with zero attached hydrogens (tertiary/aromatic N) is 1. The summed E-state index contributed by atoms with van der Waals surface area (Å²) in [6.07, 6.45) is 20.1. The van der Waals surface area contributed by atoms with E-state index < -0.39 is 0 Å². The van der Waals surface area contributed by atoms with Crippen LogP contribution in [0, 0.1) is 75.4 Å². The SMILES string of the molecule is C=C(CC1C(C(C)C)CCCC1C(C)(C)C)c1c(NC(=C)C(CC)CCCC)[nH]c(/C=C2\N=C(NC(=C)C(CC)CCCC)C(C(=O)CC3C(C(C)(C)C)CC(C)CC3C(C)(C)C)=C2c2ccccc2)c1-c1ccccc1.C=CC.CC.CCN. The zero-order chi connectivity index (χ0) is 64.0. The van der Waals surface area contributed by atoms with E-state index in [1.54, 1.807) is 6.08 Å². The lowest BCUT2D eigenvalue weighted by molar-refractivity contribution is -0.119. The fourth-order valence-electron chi connectivity index (χ4n) is 14.7. The topological polar surface area (TPSA) is 95.3 Å². The molecule has 6 heteroatoms. The number of anilines is 1. The van der Waals surface area contributed by atoms with Crippen molar-refractivity contribution in [2.24, 2.45) is 86.2 Å². The Hall–Kier alpha value is -4.94. The molecule has 7 unspecified atom stereocenters. The van der Waals surface area contributed by atoms with Gasteiger partial charge < -0.3 is 21.4 Å². The molecule has 0 spiro atoms. The summed E-state index contributed by atoms with van der Waals surface area (Å²) >= 11 is 0. The molecule has 6 rings (SSSR count). The van der Waals surface area contributed by atoms with Gasteiger partial charge in [0.1, 0.15) is 11.7 Å². The molecule has 474 valence electrons. The van der Waals surface area contributed by atoms with E-state index in [4.69, 9.17) is 30.5 Å². The normalized spacial score (nSPS) is 21.9. The van der Waals surface area contributed by atoms with Crippen LogP contribution in [0.2, 0.25) is 0 Å². The highest BCUT2D eigenvalue weighted by Gasteiger charge is 2.48. The van der Waals surface area contributed by atoms with Crippen molar-refractivity contribution in [1.82, 2.24) is 10.3 Å². The molecular weight excluding hydrogens is 1030 g/mol. The number of allylic oxidation sites excluding steroid dienone is 5. The smallest absolute Gasteiger partial charge is 0.167 e. The molecule has 0 amide bonds. The quantitative estimate of drug-likeness (QED) is 0.0712. The van der Waals surface area contributed by atoms with Crippen molar-refractivity contribution in [2.45, 2.75) is 235 Å². The Morgan fingerprint density at radius 1 is 0.718 bits per heavy atom. The average molecular weight is 1160 g/mol. The second-order valence-electron chi connectivity index (χ2n) is 28.8. The van der Waals surface area contributed by atoms with Gasteiger partial charge in [0.2, 0.25) is 0 Å². The van der Waals surface area contributed by atoms with Crippen LogP contribution in [0.15, 0.2) is 121 Å². The van der Waals surface area contributed by atoms with Crippen molar-refractivity contribution in [2.75, 3.05) is 11.9 Å². The van der Waals surface area contributed by atoms with Crippen molar-refractivity contribution < 1.29 is 4.79 Å². The molecular formula is C79H127N5O. The fraction of sp³-hybridized carbons (Fsp3) is 0.620. The summed E-state index contributed by atoms with van der Waals surface area (Å²) in [4.78, 5) is 25.9. The van der Waals surface area contributed by atoms with Gasteiger partial charge in [-0.25, -0.2) is 4.99 Å². The highest BCUT2D eigenvalue weighted by Crippen LogP contribution is 2.55. The van der Waals surface area contributed by atoms with Crippen LogP contribution in [0.1, 0.15) is 252 Å². The molecule has 1 aromatic heterocycles. The highest BCUT2D eigenvalue weighted by atomic mass is 16.1. The summed E-state index contributed by atoms with van der Waals surface area (Å²) in [7, 11) is 0. The van der Waals surface area contributed by atoms with Crippen molar-refractivity contribution in [3.05, 3.63) is 133 Å². The van der Waals surface area contributed by atoms with E-state index in [9.17, 15) is 0 Å². The number of aliphatic imine (C=N–C) groups is 1. The minimum Gasteiger partial charge on any atom is -0.345 e. The van der Waals surface area contributed by atoms with Crippen LogP contribution in [0.5, 0.6) is 0 Å². The summed E-state index contributed by atoms with van der Waals surface area (Å²) in [5.74, 6) is 6.20. The molecule has 0 saturated heterocycles. The Balaban J connectivity index is 0.00000224. The van der Waals surface area contributed by atoms with Gasteiger partial charge >= 0.3 is 0 Å². The van der Waals surface area contributed by atoms with Crippen molar-refractivity contribution in [3.63, 3.8) is 0 Å². The Bertz CT molecular complexity index is 2610. The van der Waals surface area contributed by atoms with Crippen molar-refractivity contribution in [1.29, 1.82) is 0 Å². The summed E-state index contributed by atoms with van der Waals surface area (Å²) in [5.41, 5.74) is 15.8. The van der Waals surface area contributed by atoms with Gasteiger partial charge in [-0.05, 0) is 169 Å². The summed E-state index contributed by atoms with van der Waals surface area (Å²) < 4.78 is 0. The third-order valence-electron chi connectivity index (χ3n) is 19.0. The van der Waals surface area contributed by atoms with Gasteiger partial charge in [-0.1, -0.05) is 250 Å². The lowest BCUT2D eigenvalue weighted by Gasteiger charge is -2.51. The van der Waals surface area contributed by atoms with Crippen LogP contribution in [-0.2, 0) is 4.79 Å². The summed E-state index contributed by atoms with van der Waals surface area (Å²) in [5, 5.41) is 7.79. The number of ketones is 1.